The van der Waals surface area contributed by atoms with Crippen LogP contribution in [0.15, 0.2) is 0 Å². The first-order valence-electron chi connectivity index (χ1n) is 9.08. The molecule has 3 nitrogen and oxygen atoms in total. The molecule has 1 spiro atoms. The fourth-order valence-corrected chi connectivity index (χ4v) is 4.56. The summed E-state index contributed by atoms with van der Waals surface area (Å²) < 4.78 is 12.3. The summed E-state index contributed by atoms with van der Waals surface area (Å²) in [5.41, 5.74) is 0.598. The molecule has 0 amide bonds. The summed E-state index contributed by atoms with van der Waals surface area (Å²) in [4.78, 5) is 0. The number of rotatable bonds is 6. The third-order valence-electron chi connectivity index (χ3n) is 5.75. The zero-order valence-electron chi connectivity index (χ0n) is 14.0. The number of hydrogen-bond acceptors (Lipinski definition) is 3. The summed E-state index contributed by atoms with van der Waals surface area (Å²) in [7, 11) is 0. The molecule has 2 aliphatic heterocycles. The van der Waals surface area contributed by atoms with Crippen molar-refractivity contribution in [2.24, 2.45) is 11.3 Å². The van der Waals surface area contributed by atoms with Crippen LogP contribution in [0.3, 0.4) is 0 Å². The van der Waals surface area contributed by atoms with Gasteiger partial charge < -0.3 is 14.8 Å². The molecule has 122 valence electrons. The Bertz CT molecular complexity index is 330. The van der Waals surface area contributed by atoms with Crippen molar-refractivity contribution in [3.8, 4) is 0 Å². The molecule has 0 aromatic rings. The molecule has 0 bridgehead atoms. The standard InChI is InChI=1S/C18H33NO2/c1-15(2)12-19-13-17(9-10-20-14-17)11-16-5-8-18(21-16)6-3-4-7-18/h15-16,19H,3-14H2,1-2H3. The Labute approximate surface area is 130 Å². The van der Waals surface area contributed by atoms with Gasteiger partial charge in [0.2, 0.25) is 0 Å². The van der Waals surface area contributed by atoms with Gasteiger partial charge in [0.1, 0.15) is 0 Å². The Morgan fingerprint density at radius 2 is 1.95 bits per heavy atom. The Morgan fingerprint density at radius 3 is 2.62 bits per heavy atom. The van der Waals surface area contributed by atoms with Crippen LogP contribution in [0.25, 0.3) is 0 Å². The molecule has 0 aromatic carbocycles. The van der Waals surface area contributed by atoms with Gasteiger partial charge in [-0.1, -0.05) is 26.7 Å². The second-order valence-electron chi connectivity index (χ2n) is 8.20. The molecule has 3 rings (SSSR count). The second kappa shape index (κ2) is 6.55. The first kappa shape index (κ1) is 15.8. The van der Waals surface area contributed by atoms with Crippen LogP contribution in [0.1, 0.15) is 65.2 Å². The summed E-state index contributed by atoms with van der Waals surface area (Å²) in [5, 5.41) is 3.67. The van der Waals surface area contributed by atoms with Crippen LogP contribution in [0.2, 0.25) is 0 Å². The zero-order chi connectivity index (χ0) is 14.8. The fourth-order valence-electron chi connectivity index (χ4n) is 4.56. The molecule has 2 saturated heterocycles. The molecule has 21 heavy (non-hydrogen) atoms. The van der Waals surface area contributed by atoms with Crippen molar-refractivity contribution in [2.75, 3.05) is 26.3 Å². The van der Waals surface area contributed by atoms with Crippen LogP contribution < -0.4 is 5.32 Å². The van der Waals surface area contributed by atoms with Gasteiger partial charge >= 0.3 is 0 Å². The fraction of sp³-hybridized carbons (Fsp3) is 1.00. The summed E-state index contributed by atoms with van der Waals surface area (Å²) in [6.45, 7) is 8.60. The van der Waals surface area contributed by atoms with E-state index in [2.05, 4.69) is 19.2 Å². The van der Waals surface area contributed by atoms with Crippen LogP contribution in [0.4, 0.5) is 0 Å². The van der Waals surface area contributed by atoms with E-state index >= 15 is 0 Å². The van der Waals surface area contributed by atoms with E-state index in [1.54, 1.807) is 0 Å². The van der Waals surface area contributed by atoms with Crippen LogP contribution in [-0.4, -0.2) is 38.0 Å². The quantitative estimate of drug-likeness (QED) is 0.813. The largest absolute Gasteiger partial charge is 0.381 e. The highest BCUT2D eigenvalue weighted by Gasteiger charge is 2.45. The van der Waals surface area contributed by atoms with E-state index < -0.39 is 0 Å². The highest BCUT2D eigenvalue weighted by Crippen LogP contribution is 2.46. The maximum Gasteiger partial charge on any atom is 0.0687 e. The number of ether oxygens (including phenoxy) is 2. The minimum atomic E-state index is 0.274. The van der Waals surface area contributed by atoms with Gasteiger partial charge in [0.15, 0.2) is 0 Å². The molecule has 1 saturated carbocycles. The molecule has 2 heterocycles. The summed E-state index contributed by atoms with van der Waals surface area (Å²) in [5.74, 6) is 0.717. The molecular formula is C18H33NO2. The Morgan fingerprint density at radius 1 is 1.14 bits per heavy atom. The minimum Gasteiger partial charge on any atom is -0.381 e. The Balaban J connectivity index is 1.53. The molecule has 0 radical (unpaired) electrons. The molecule has 2 atom stereocenters. The first-order valence-corrected chi connectivity index (χ1v) is 9.08. The van der Waals surface area contributed by atoms with Crippen molar-refractivity contribution in [1.82, 2.24) is 5.32 Å². The highest BCUT2D eigenvalue weighted by molar-refractivity contribution is 4.96. The lowest BCUT2D eigenvalue weighted by Crippen LogP contribution is -2.39. The van der Waals surface area contributed by atoms with E-state index in [0.717, 1.165) is 26.3 Å². The van der Waals surface area contributed by atoms with Crippen LogP contribution in [-0.2, 0) is 9.47 Å². The summed E-state index contributed by atoms with van der Waals surface area (Å²) in [6.07, 6.45) is 10.8. The van der Waals surface area contributed by atoms with Gasteiger partial charge in [0, 0.05) is 18.6 Å². The molecule has 0 aromatic heterocycles. The molecular weight excluding hydrogens is 262 g/mol. The lowest BCUT2D eigenvalue weighted by atomic mass is 9.80. The highest BCUT2D eigenvalue weighted by atomic mass is 16.5. The average molecular weight is 295 g/mol. The molecule has 2 unspecified atom stereocenters. The lowest BCUT2D eigenvalue weighted by Gasteiger charge is -2.32. The Hall–Kier alpha value is -0.120. The van der Waals surface area contributed by atoms with E-state index in [4.69, 9.17) is 9.47 Å². The van der Waals surface area contributed by atoms with E-state index in [1.165, 1.54) is 51.4 Å². The van der Waals surface area contributed by atoms with Crippen molar-refractivity contribution in [3.05, 3.63) is 0 Å². The van der Waals surface area contributed by atoms with E-state index in [0.29, 0.717) is 17.4 Å². The van der Waals surface area contributed by atoms with Crippen molar-refractivity contribution >= 4 is 0 Å². The van der Waals surface area contributed by atoms with Crippen molar-refractivity contribution in [3.63, 3.8) is 0 Å². The maximum atomic E-state index is 6.54. The van der Waals surface area contributed by atoms with Crippen molar-refractivity contribution < 1.29 is 9.47 Å². The van der Waals surface area contributed by atoms with E-state index in [1.807, 2.05) is 0 Å². The van der Waals surface area contributed by atoms with Gasteiger partial charge in [-0.25, -0.2) is 0 Å². The summed E-state index contributed by atoms with van der Waals surface area (Å²) >= 11 is 0. The minimum absolute atomic E-state index is 0.274. The van der Waals surface area contributed by atoms with Crippen LogP contribution >= 0.6 is 0 Å². The van der Waals surface area contributed by atoms with Crippen molar-refractivity contribution in [1.29, 1.82) is 0 Å². The second-order valence-corrected chi connectivity index (χ2v) is 8.20. The normalized spacial score (nSPS) is 35.3. The predicted molar refractivity (Wildman–Crippen MR) is 85.5 cm³/mol. The van der Waals surface area contributed by atoms with Gasteiger partial charge in [0.05, 0.1) is 18.3 Å². The average Bonchev–Trinajstić information content (AvgIpc) is 3.15. The lowest BCUT2D eigenvalue weighted by molar-refractivity contribution is -0.0542. The van der Waals surface area contributed by atoms with Gasteiger partial charge in [0.25, 0.3) is 0 Å². The van der Waals surface area contributed by atoms with Gasteiger partial charge in [-0.2, -0.15) is 0 Å². The topological polar surface area (TPSA) is 30.5 Å². The molecule has 1 N–H and O–H groups in total. The number of nitrogens with one attached hydrogen (secondary N) is 1. The monoisotopic (exact) mass is 295 g/mol. The maximum absolute atomic E-state index is 6.54. The summed E-state index contributed by atoms with van der Waals surface area (Å²) in [6, 6.07) is 0. The van der Waals surface area contributed by atoms with Gasteiger partial charge in [-0.15, -0.1) is 0 Å². The van der Waals surface area contributed by atoms with Gasteiger partial charge in [-0.05, 0) is 51.0 Å². The van der Waals surface area contributed by atoms with Crippen LogP contribution in [0, 0.1) is 11.3 Å². The van der Waals surface area contributed by atoms with Gasteiger partial charge in [-0.3, -0.25) is 0 Å². The third kappa shape index (κ3) is 3.80. The van der Waals surface area contributed by atoms with Crippen molar-refractivity contribution in [2.45, 2.75) is 76.9 Å². The first-order chi connectivity index (χ1) is 10.1. The molecule has 1 aliphatic carbocycles. The predicted octanol–water partition coefficient (Wildman–Crippen LogP) is 3.52. The molecule has 3 heteroatoms. The third-order valence-corrected chi connectivity index (χ3v) is 5.75. The van der Waals surface area contributed by atoms with E-state index in [9.17, 15) is 0 Å². The molecule has 3 fully saturated rings. The Kier molecular flexibility index (Phi) is 4.92. The number of hydrogen-bond donors (Lipinski definition) is 1. The molecule has 3 aliphatic rings. The SMILES string of the molecule is CC(C)CNCC1(CC2CCC3(CCCC3)O2)CCOC1. The smallest absolute Gasteiger partial charge is 0.0687 e. The zero-order valence-corrected chi connectivity index (χ0v) is 14.0. The van der Waals surface area contributed by atoms with E-state index in [-0.39, 0.29) is 5.60 Å². The van der Waals surface area contributed by atoms with Crippen LogP contribution in [0.5, 0.6) is 0 Å².